The number of rotatable bonds is 4. The lowest BCUT2D eigenvalue weighted by Gasteiger charge is -2.03. The number of carbonyl (C=O) groups is 2. The molecule has 0 saturated heterocycles. The van der Waals surface area contributed by atoms with Gasteiger partial charge in [-0.25, -0.2) is 5.43 Å². The molecule has 0 aliphatic rings. The lowest BCUT2D eigenvalue weighted by atomic mass is 10.2. The van der Waals surface area contributed by atoms with E-state index in [0.717, 1.165) is 6.21 Å². The highest BCUT2D eigenvalue weighted by atomic mass is 35.5. The predicted octanol–water partition coefficient (Wildman–Crippen LogP) is 1.11. The van der Waals surface area contributed by atoms with Gasteiger partial charge in [0.1, 0.15) is 5.76 Å². The Morgan fingerprint density at radius 2 is 2.09 bits per heavy atom. The van der Waals surface area contributed by atoms with E-state index in [4.69, 9.17) is 16.0 Å². The van der Waals surface area contributed by atoms with Gasteiger partial charge in [-0.3, -0.25) is 9.59 Å². The maximum atomic E-state index is 11.5. The lowest BCUT2D eigenvalue weighted by Crippen LogP contribution is -2.37. The second kappa shape index (κ2) is 7.32. The molecule has 0 spiro atoms. The molecule has 1 aromatic heterocycles. The van der Waals surface area contributed by atoms with Gasteiger partial charge in [0.15, 0.2) is 11.5 Å². The Balaban J connectivity index is 1.87. The number of amides is 2. The van der Waals surface area contributed by atoms with Gasteiger partial charge in [-0.15, -0.1) is 0 Å². The number of benzene rings is 1. The minimum absolute atomic E-state index is 0.0738. The number of carbonyl (C=O) groups excluding carboxylic acids is 2. The van der Waals surface area contributed by atoms with Crippen LogP contribution < -0.4 is 10.7 Å². The van der Waals surface area contributed by atoms with Gasteiger partial charge in [0.05, 0.1) is 24.0 Å². The Labute approximate surface area is 135 Å². The Kier molecular flexibility index (Phi) is 5.21. The molecule has 0 radical (unpaired) electrons. The molecule has 4 N–H and O–H groups in total. The highest BCUT2D eigenvalue weighted by Crippen LogP contribution is 2.33. The summed E-state index contributed by atoms with van der Waals surface area (Å²) in [5, 5.41) is 24.5. The van der Waals surface area contributed by atoms with Crippen molar-refractivity contribution in [2.75, 3.05) is 0 Å². The first kappa shape index (κ1) is 16.4. The van der Waals surface area contributed by atoms with E-state index in [1.54, 1.807) is 12.1 Å². The largest absolute Gasteiger partial charge is 0.504 e. The van der Waals surface area contributed by atoms with Crippen molar-refractivity contribution in [3.8, 4) is 11.5 Å². The zero-order chi connectivity index (χ0) is 16.8. The quantitative estimate of drug-likeness (QED) is 0.288. The Morgan fingerprint density at radius 1 is 1.30 bits per heavy atom. The average molecular weight is 338 g/mol. The van der Waals surface area contributed by atoms with Gasteiger partial charge in [-0.05, 0) is 29.8 Å². The molecular formula is C14H12ClN3O5. The molecule has 1 aromatic carbocycles. The highest BCUT2D eigenvalue weighted by molar-refractivity contribution is 6.35. The second-order valence-corrected chi connectivity index (χ2v) is 4.74. The number of hydrazone groups is 1. The fourth-order valence-electron chi connectivity index (χ4n) is 1.56. The van der Waals surface area contributed by atoms with Crippen LogP contribution in [-0.4, -0.2) is 28.2 Å². The predicted molar refractivity (Wildman–Crippen MR) is 81.1 cm³/mol. The first-order valence-corrected chi connectivity index (χ1v) is 6.70. The molecule has 8 nitrogen and oxygen atoms in total. The van der Waals surface area contributed by atoms with Gasteiger partial charge in [0, 0.05) is 0 Å². The minimum atomic E-state index is -0.970. The number of hydrogen-bond donors (Lipinski definition) is 4. The smallest absolute Gasteiger partial charge is 0.329 e. The summed E-state index contributed by atoms with van der Waals surface area (Å²) in [6.07, 6.45) is 2.60. The number of halogens is 1. The molecule has 120 valence electrons. The summed E-state index contributed by atoms with van der Waals surface area (Å²) in [6, 6.07) is 5.82. The van der Waals surface area contributed by atoms with Gasteiger partial charge in [-0.2, -0.15) is 5.10 Å². The van der Waals surface area contributed by atoms with Crippen LogP contribution in [0.4, 0.5) is 0 Å². The van der Waals surface area contributed by atoms with Crippen LogP contribution in [0.1, 0.15) is 11.3 Å². The number of furan rings is 1. The molecule has 0 fully saturated rings. The summed E-state index contributed by atoms with van der Waals surface area (Å²) in [7, 11) is 0. The van der Waals surface area contributed by atoms with Gasteiger partial charge in [-0.1, -0.05) is 11.6 Å². The summed E-state index contributed by atoms with van der Waals surface area (Å²) in [5.74, 6) is -2.23. The van der Waals surface area contributed by atoms with E-state index in [0.29, 0.717) is 11.3 Å². The van der Waals surface area contributed by atoms with E-state index in [2.05, 4.69) is 10.4 Å². The van der Waals surface area contributed by atoms with E-state index < -0.39 is 23.3 Å². The van der Waals surface area contributed by atoms with Gasteiger partial charge < -0.3 is 19.9 Å². The monoisotopic (exact) mass is 337 g/mol. The zero-order valence-corrected chi connectivity index (χ0v) is 12.4. The average Bonchev–Trinajstić information content (AvgIpc) is 3.03. The van der Waals surface area contributed by atoms with Crippen LogP contribution in [0.2, 0.25) is 5.02 Å². The maximum absolute atomic E-state index is 11.5. The molecule has 0 bridgehead atoms. The van der Waals surface area contributed by atoms with Crippen molar-refractivity contribution in [1.82, 2.24) is 10.7 Å². The van der Waals surface area contributed by atoms with Gasteiger partial charge in [0.25, 0.3) is 0 Å². The molecule has 0 atom stereocenters. The molecule has 23 heavy (non-hydrogen) atoms. The molecule has 0 aliphatic carbocycles. The number of nitrogens with one attached hydrogen (secondary N) is 2. The number of phenolic OH excluding ortho intramolecular Hbond substituents is 2. The third-order valence-electron chi connectivity index (χ3n) is 2.65. The molecule has 9 heteroatoms. The van der Waals surface area contributed by atoms with Gasteiger partial charge >= 0.3 is 11.8 Å². The van der Waals surface area contributed by atoms with E-state index in [9.17, 15) is 19.8 Å². The normalized spacial score (nSPS) is 10.7. The van der Waals surface area contributed by atoms with Crippen molar-refractivity contribution in [3.63, 3.8) is 0 Å². The first-order valence-electron chi connectivity index (χ1n) is 6.32. The molecule has 0 saturated carbocycles. The highest BCUT2D eigenvalue weighted by Gasteiger charge is 2.12. The van der Waals surface area contributed by atoms with Crippen molar-refractivity contribution >= 4 is 29.6 Å². The van der Waals surface area contributed by atoms with Crippen molar-refractivity contribution in [2.45, 2.75) is 6.54 Å². The first-order chi connectivity index (χ1) is 11.0. The summed E-state index contributed by atoms with van der Waals surface area (Å²) < 4.78 is 5.00. The topological polar surface area (TPSA) is 124 Å². The number of phenols is 2. The molecule has 0 unspecified atom stereocenters. The van der Waals surface area contributed by atoms with Crippen LogP contribution in [0.3, 0.4) is 0 Å². The van der Waals surface area contributed by atoms with Crippen molar-refractivity contribution < 1.29 is 24.2 Å². The Bertz CT molecular complexity index is 720. The number of hydrogen-bond acceptors (Lipinski definition) is 6. The SMILES string of the molecule is O=C(NCc1ccco1)C(=O)N/N=C/c1cc(O)c(O)c(Cl)c1. The maximum Gasteiger partial charge on any atom is 0.329 e. The molecule has 0 aliphatic heterocycles. The second-order valence-electron chi connectivity index (χ2n) is 4.33. The van der Waals surface area contributed by atoms with Crippen LogP contribution in [0, 0.1) is 0 Å². The molecular weight excluding hydrogens is 326 g/mol. The summed E-state index contributed by atoms with van der Waals surface area (Å²) in [5.41, 5.74) is 2.34. The standard InChI is InChI=1S/C14H12ClN3O5/c15-10-4-8(5-11(19)12(10)20)6-17-18-14(22)13(21)16-7-9-2-1-3-23-9/h1-6,19-20H,7H2,(H,16,21)(H,18,22)/b17-6+. The summed E-state index contributed by atoms with van der Waals surface area (Å²) in [6.45, 7) is 0.0738. The third kappa shape index (κ3) is 4.48. The Morgan fingerprint density at radius 3 is 2.74 bits per heavy atom. The van der Waals surface area contributed by atoms with Crippen molar-refractivity contribution in [3.05, 3.63) is 46.9 Å². The molecule has 2 aromatic rings. The van der Waals surface area contributed by atoms with Crippen LogP contribution in [-0.2, 0) is 16.1 Å². The fourth-order valence-corrected chi connectivity index (χ4v) is 1.78. The summed E-state index contributed by atoms with van der Waals surface area (Å²) >= 11 is 5.67. The summed E-state index contributed by atoms with van der Waals surface area (Å²) in [4.78, 5) is 23.0. The van der Waals surface area contributed by atoms with Crippen LogP contribution in [0.5, 0.6) is 11.5 Å². The van der Waals surface area contributed by atoms with E-state index in [1.807, 2.05) is 5.43 Å². The van der Waals surface area contributed by atoms with Crippen LogP contribution in [0.25, 0.3) is 0 Å². The zero-order valence-electron chi connectivity index (χ0n) is 11.6. The molecule has 2 rings (SSSR count). The molecule has 2 amide bonds. The van der Waals surface area contributed by atoms with Crippen LogP contribution in [0.15, 0.2) is 40.0 Å². The lowest BCUT2D eigenvalue weighted by molar-refractivity contribution is -0.139. The van der Waals surface area contributed by atoms with E-state index in [1.165, 1.54) is 18.4 Å². The number of nitrogens with zero attached hydrogens (tertiary/aromatic N) is 1. The molecule has 1 heterocycles. The van der Waals surface area contributed by atoms with Crippen molar-refractivity contribution in [2.24, 2.45) is 5.10 Å². The minimum Gasteiger partial charge on any atom is -0.504 e. The van der Waals surface area contributed by atoms with Crippen molar-refractivity contribution in [1.29, 1.82) is 0 Å². The van der Waals surface area contributed by atoms with Gasteiger partial charge in [0.2, 0.25) is 0 Å². The Hall–Kier alpha value is -3.00. The van der Waals surface area contributed by atoms with Crippen LogP contribution >= 0.6 is 11.6 Å². The van der Waals surface area contributed by atoms with E-state index in [-0.39, 0.29) is 11.6 Å². The third-order valence-corrected chi connectivity index (χ3v) is 2.94. The fraction of sp³-hybridized carbons (Fsp3) is 0.0714. The van der Waals surface area contributed by atoms with E-state index >= 15 is 0 Å². The number of aromatic hydroxyl groups is 2.